The van der Waals surface area contributed by atoms with Crippen LogP contribution in [0, 0.1) is 6.92 Å². The van der Waals surface area contributed by atoms with Gasteiger partial charge in [-0.05, 0) is 72.7 Å². The van der Waals surface area contributed by atoms with E-state index in [4.69, 9.17) is 0 Å². The van der Waals surface area contributed by atoms with Gasteiger partial charge in [-0.25, -0.2) is 0 Å². The van der Waals surface area contributed by atoms with Crippen molar-refractivity contribution >= 4 is 39.1 Å². The summed E-state index contributed by atoms with van der Waals surface area (Å²) in [6.07, 6.45) is 1.11. The molecule has 0 bridgehead atoms. The Bertz CT molecular complexity index is 750. The third-order valence-electron chi connectivity index (χ3n) is 3.81. The molecule has 0 atom stereocenters. The fourth-order valence-electron chi connectivity index (χ4n) is 2.49. The van der Waals surface area contributed by atoms with Gasteiger partial charge in [0.2, 0.25) is 11.8 Å². The molecule has 0 aromatic heterocycles. The Balaban J connectivity index is 1.68. The molecule has 0 saturated carbocycles. The van der Waals surface area contributed by atoms with Crippen molar-refractivity contribution < 1.29 is 9.59 Å². The minimum Gasteiger partial charge on any atom is -0.326 e. The number of para-hydroxylation sites is 1. The number of carbonyl (C=O) groups excluding carboxylic acids is 2. The second-order valence-corrected chi connectivity index (χ2v) is 7.14. The number of nitrogens with zero attached hydrogens (tertiary/aromatic N) is 1. The van der Waals surface area contributed by atoms with Crippen molar-refractivity contribution in [1.82, 2.24) is 4.90 Å². The molecular formula is C20H24BrN3O2. The monoisotopic (exact) mass is 417 g/mol. The first-order valence-electron chi connectivity index (χ1n) is 8.53. The Hall–Kier alpha value is -2.18. The molecule has 2 aromatic carbocycles. The van der Waals surface area contributed by atoms with E-state index in [-0.39, 0.29) is 18.4 Å². The third kappa shape index (κ3) is 6.98. The van der Waals surface area contributed by atoms with Gasteiger partial charge in [0.05, 0.1) is 12.2 Å². The predicted molar refractivity (Wildman–Crippen MR) is 109 cm³/mol. The summed E-state index contributed by atoms with van der Waals surface area (Å²) in [4.78, 5) is 26.0. The van der Waals surface area contributed by atoms with Crippen LogP contribution in [0.25, 0.3) is 0 Å². The quantitative estimate of drug-likeness (QED) is 0.680. The number of amides is 2. The number of halogens is 1. The van der Waals surface area contributed by atoms with Crippen LogP contribution in [-0.4, -0.2) is 36.9 Å². The smallest absolute Gasteiger partial charge is 0.238 e. The molecule has 0 spiro atoms. The van der Waals surface area contributed by atoms with Gasteiger partial charge in [-0.1, -0.05) is 24.3 Å². The minimum absolute atomic E-state index is 0.0161. The van der Waals surface area contributed by atoms with Gasteiger partial charge in [0.1, 0.15) is 0 Å². The maximum Gasteiger partial charge on any atom is 0.238 e. The maximum absolute atomic E-state index is 12.1. The van der Waals surface area contributed by atoms with Crippen LogP contribution in [0.1, 0.15) is 18.4 Å². The Kier molecular flexibility index (Phi) is 7.81. The Labute approximate surface area is 162 Å². The molecule has 0 aliphatic carbocycles. The summed E-state index contributed by atoms with van der Waals surface area (Å²) in [5.41, 5.74) is 2.69. The average Bonchev–Trinajstić information content (AvgIpc) is 2.58. The van der Waals surface area contributed by atoms with E-state index in [0.717, 1.165) is 21.4 Å². The fraction of sp³-hybridized carbons (Fsp3) is 0.300. The molecule has 0 fully saturated rings. The van der Waals surface area contributed by atoms with Crippen molar-refractivity contribution in [2.24, 2.45) is 0 Å². The summed E-state index contributed by atoms with van der Waals surface area (Å²) < 4.78 is 0.867. The summed E-state index contributed by atoms with van der Waals surface area (Å²) in [7, 11) is 1.87. The lowest BCUT2D eigenvalue weighted by Gasteiger charge is -2.16. The van der Waals surface area contributed by atoms with E-state index in [2.05, 4.69) is 26.6 Å². The minimum atomic E-state index is -0.0780. The van der Waals surface area contributed by atoms with Crippen molar-refractivity contribution in [3.8, 4) is 0 Å². The van der Waals surface area contributed by atoms with Gasteiger partial charge in [-0.2, -0.15) is 0 Å². The first-order chi connectivity index (χ1) is 12.4. The molecule has 5 nitrogen and oxygen atoms in total. The topological polar surface area (TPSA) is 61.4 Å². The molecule has 0 unspecified atom stereocenters. The van der Waals surface area contributed by atoms with Crippen LogP contribution in [0.2, 0.25) is 0 Å². The van der Waals surface area contributed by atoms with Gasteiger partial charge in [0.25, 0.3) is 0 Å². The van der Waals surface area contributed by atoms with Crippen molar-refractivity contribution in [2.45, 2.75) is 19.8 Å². The molecule has 0 heterocycles. The Morgan fingerprint density at radius 1 is 1.04 bits per heavy atom. The van der Waals surface area contributed by atoms with Crippen LogP contribution < -0.4 is 10.6 Å². The summed E-state index contributed by atoms with van der Waals surface area (Å²) in [5, 5.41) is 5.75. The van der Waals surface area contributed by atoms with Crippen LogP contribution in [0.5, 0.6) is 0 Å². The first-order valence-corrected chi connectivity index (χ1v) is 9.33. The molecule has 0 saturated heterocycles. The first kappa shape index (κ1) is 20.1. The largest absolute Gasteiger partial charge is 0.326 e. The number of hydrogen-bond acceptors (Lipinski definition) is 3. The van der Waals surface area contributed by atoms with Crippen molar-refractivity contribution in [1.29, 1.82) is 0 Å². The second kappa shape index (κ2) is 10.1. The molecule has 0 radical (unpaired) electrons. The van der Waals surface area contributed by atoms with E-state index in [1.165, 1.54) is 0 Å². The summed E-state index contributed by atoms with van der Waals surface area (Å²) in [5.74, 6) is -0.0940. The van der Waals surface area contributed by atoms with Crippen LogP contribution in [0.15, 0.2) is 53.0 Å². The highest BCUT2D eigenvalue weighted by Crippen LogP contribution is 2.23. The van der Waals surface area contributed by atoms with Crippen molar-refractivity contribution in [2.75, 3.05) is 30.8 Å². The van der Waals surface area contributed by atoms with Crippen molar-refractivity contribution in [3.05, 3.63) is 58.6 Å². The molecule has 6 heteroatoms. The van der Waals surface area contributed by atoms with Gasteiger partial charge in [0.15, 0.2) is 0 Å². The maximum atomic E-state index is 12.1. The molecule has 2 amide bonds. The number of hydrogen-bond donors (Lipinski definition) is 2. The lowest BCUT2D eigenvalue weighted by molar-refractivity contribution is -0.117. The van der Waals surface area contributed by atoms with Gasteiger partial charge in [-0.3, -0.25) is 14.5 Å². The third-order valence-corrected chi connectivity index (χ3v) is 4.47. The standard InChI is InChI=1S/C20H24BrN3O2/c1-15-10-11-18(17(21)13-15)23-20(26)14-24(2)12-6-9-19(25)22-16-7-4-3-5-8-16/h3-5,7-8,10-11,13H,6,9,12,14H2,1-2H3,(H,22,25)(H,23,26). The van der Waals surface area contributed by atoms with Crippen LogP contribution in [0.3, 0.4) is 0 Å². The molecular weight excluding hydrogens is 394 g/mol. The van der Waals surface area contributed by atoms with Gasteiger partial charge in [-0.15, -0.1) is 0 Å². The van der Waals surface area contributed by atoms with Crippen LogP contribution in [0.4, 0.5) is 11.4 Å². The normalized spacial score (nSPS) is 10.6. The molecule has 2 aromatic rings. The fourth-order valence-corrected chi connectivity index (χ4v) is 3.08. The zero-order valence-electron chi connectivity index (χ0n) is 15.1. The number of likely N-dealkylation sites (N-methyl/N-ethyl adjacent to an activating group) is 1. The zero-order valence-corrected chi connectivity index (χ0v) is 16.7. The molecule has 138 valence electrons. The summed E-state index contributed by atoms with van der Waals surface area (Å²) in [6.45, 7) is 2.95. The predicted octanol–water partition coefficient (Wildman–Crippen LogP) is 4.05. The summed E-state index contributed by atoms with van der Waals surface area (Å²) >= 11 is 3.45. The van der Waals surface area contributed by atoms with Gasteiger partial charge >= 0.3 is 0 Å². The number of benzene rings is 2. The molecule has 26 heavy (non-hydrogen) atoms. The zero-order chi connectivity index (χ0) is 18.9. The lowest BCUT2D eigenvalue weighted by Crippen LogP contribution is -2.31. The Morgan fingerprint density at radius 3 is 2.46 bits per heavy atom. The molecule has 2 N–H and O–H groups in total. The second-order valence-electron chi connectivity index (χ2n) is 6.29. The van der Waals surface area contributed by atoms with E-state index < -0.39 is 0 Å². The van der Waals surface area contributed by atoms with Crippen molar-refractivity contribution in [3.63, 3.8) is 0 Å². The average molecular weight is 418 g/mol. The van der Waals surface area contributed by atoms with E-state index in [1.807, 2.05) is 67.4 Å². The SMILES string of the molecule is Cc1ccc(NC(=O)CN(C)CCCC(=O)Nc2ccccc2)c(Br)c1. The highest BCUT2D eigenvalue weighted by Gasteiger charge is 2.10. The summed E-state index contributed by atoms with van der Waals surface area (Å²) in [6, 6.07) is 15.2. The number of carbonyl (C=O) groups is 2. The van der Waals surface area contributed by atoms with E-state index >= 15 is 0 Å². The van der Waals surface area contributed by atoms with E-state index in [0.29, 0.717) is 19.4 Å². The van der Waals surface area contributed by atoms with E-state index in [1.54, 1.807) is 0 Å². The number of nitrogens with one attached hydrogen (secondary N) is 2. The van der Waals surface area contributed by atoms with Crippen LogP contribution >= 0.6 is 15.9 Å². The molecule has 0 aliphatic heterocycles. The van der Waals surface area contributed by atoms with Crippen LogP contribution in [-0.2, 0) is 9.59 Å². The number of aryl methyl sites for hydroxylation is 1. The molecule has 2 rings (SSSR count). The number of rotatable bonds is 8. The lowest BCUT2D eigenvalue weighted by atomic mass is 10.2. The van der Waals surface area contributed by atoms with E-state index in [9.17, 15) is 9.59 Å². The highest BCUT2D eigenvalue weighted by atomic mass is 79.9. The number of anilines is 2. The molecule has 0 aliphatic rings. The van der Waals surface area contributed by atoms with Gasteiger partial charge < -0.3 is 10.6 Å². The van der Waals surface area contributed by atoms with Gasteiger partial charge in [0, 0.05) is 16.6 Å². The highest BCUT2D eigenvalue weighted by molar-refractivity contribution is 9.10. The Morgan fingerprint density at radius 2 is 1.77 bits per heavy atom.